The first-order valence-electron chi connectivity index (χ1n) is 11.9. The van der Waals surface area contributed by atoms with Gasteiger partial charge < -0.3 is 0 Å². The summed E-state index contributed by atoms with van der Waals surface area (Å²) in [7, 11) is 0. The Balaban J connectivity index is 1.20. The molecular formula is C24H36N4. The molecule has 4 heteroatoms. The van der Waals surface area contributed by atoms with Crippen molar-refractivity contribution in [3.05, 3.63) is 24.3 Å². The van der Waals surface area contributed by atoms with Crippen molar-refractivity contribution in [2.24, 2.45) is 32.1 Å². The highest BCUT2D eigenvalue weighted by Crippen LogP contribution is 2.63. The van der Waals surface area contributed by atoms with E-state index in [0.717, 1.165) is 26.2 Å². The summed E-state index contributed by atoms with van der Waals surface area (Å²) in [6.07, 6.45) is 26.1. The zero-order valence-electron chi connectivity index (χ0n) is 17.4. The quantitative estimate of drug-likeness (QED) is 0.455. The van der Waals surface area contributed by atoms with Gasteiger partial charge in [-0.1, -0.05) is 60.4 Å². The summed E-state index contributed by atoms with van der Waals surface area (Å²) in [4.78, 5) is 0. The van der Waals surface area contributed by atoms with Crippen molar-refractivity contribution in [1.29, 1.82) is 0 Å². The molecule has 0 aromatic carbocycles. The predicted molar refractivity (Wildman–Crippen MR) is 111 cm³/mol. The van der Waals surface area contributed by atoms with Crippen LogP contribution in [0.3, 0.4) is 0 Å². The van der Waals surface area contributed by atoms with Crippen LogP contribution in [-0.2, 0) is 0 Å². The van der Waals surface area contributed by atoms with E-state index in [1.54, 1.807) is 0 Å². The molecule has 0 N–H and O–H groups in total. The maximum atomic E-state index is 4.89. The van der Waals surface area contributed by atoms with Crippen LogP contribution in [0, 0.1) is 21.7 Å². The summed E-state index contributed by atoms with van der Waals surface area (Å²) in [6, 6.07) is 0. The summed E-state index contributed by atoms with van der Waals surface area (Å²) in [6.45, 7) is 4.53. The summed E-state index contributed by atoms with van der Waals surface area (Å²) in [5, 5.41) is 14.5. The zero-order chi connectivity index (χ0) is 18.7. The van der Waals surface area contributed by atoms with Gasteiger partial charge in [0.25, 0.3) is 0 Å². The molecular weight excluding hydrogens is 344 g/mol. The van der Waals surface area contributed by atoms with Crippen LogP contribution in [0.2, 0.25) is 0 Å². The zero-order valence-corrected chi connectivity index (χ0v) is 17.4. The molecule has 6 aliphatic rings. The van der Waals surface area contributed by atoms with E-state index in [9.17, 15) is 0 Å². The molecule has 6 rings (SSSR count). The molecule has 2 aliphatic heterocycles. The van der Waals surface area contributed by atoms with Gasteiger partial charge >= 0.3 is 0 Å². The standard InChI is InChI=1S/C24H36N4/c1-2-10-22-12-4-3-11-21(22,9-1)17-27(18-22)25-26-28-19-23-13-5-6-14-24(23,20-28)16-8-7-15-23/h1-2,5-6H,3-4,7-20H2/b26-25-/t21-,22-,23-,24-/m1/s1. The second kappa shape index (κ2) is 6.09. The minimum Gasteiger partial charge on any atom is -0.276 e. The smallest absolute Gasteiger partial charge is 0.0443 e. The molecule has 0 bridgehead atoms. The molecule has 0 amide bonds. The first kappa shape index (κ1) is 17.5. The fourth-order valence-electron chi connectivity index (χ4n) is 8.42. The van der Waals surface area contributed by atoms with Crippen molar-refractivity contribution >= 4 is 0 Å². The Kier molecular flexibility index (Phi) is 3.81. The van der Waals surface area contributed by atoms with E-state index in [0.29, 0.717) is 21.7 Å². The molecule has 2 saturated carbocycles. The molecule has 0 aromatic heterocycles. The lowest BCUT2D eigenvalue weighted by molar-refractivity contribution is 0.0342. The highest BCUT2D eigenvalue weighted by atomic mass is 15.7. The van der Waals surface area contributed by atoms with Gasteiger partial charge in [0.15, 0.2) is 0 Å². The molecule has 4 atom stereocenters. The van der Waals surface area contributed by atoms with E-state index in [4.69, 9.17) is 10.4 Å². The maximum absolute atomic E-state index is 4.89. The van der Waals surface area contributed by atoms with Crippen molar-refractivity contribution in [3.63, 3.8) is 0 Å². The largest absolute Gasteiger partial charge is 0.276 e. The lowest BCUT2D eigenvalue weighted by atomic mass is 9.53. The lowest BCUT2D eigenvalue weighted by Gasteiger charge is -2.49. The number of allylic oxidation sites excluding steroid dienone is 4. The molecule has 2 heterocycles. The monoisotopic (exact) mass is 380 g/mol. The Morgan fingerprint density at radius 3 is 1.04 bits per heavy atom. The Hall–Kier alpha value is -1.32. The molecule has 4 fully saturated rings. The third-order valence-electron chi connectivity index (χ3n) is 9.97. The van der Waals surface area contributed by atoms with Gasteiger partial charge in [-0.2, -0.15) is 0 Å². The summed E-state index contributed by atoms with van der Waals surface area (Å²) < 4.78 is 0. The van der Waals surface area contributed by atoms with E-state index in [2.05, 4.69) is 34.3 Å². The Morgan fingerprint density at radius 2 is 0.750 bits per heavy atom. The van der Waals surface area contributed by atoms with Crippen LogP contribution in [0.15, 0.2) is 34.8 Å². The van der Waals surface area contributed by atoms with Gasteiger partial charge in [0.2, 0.25) is 0 Å². The van der Waals surface area contributed by atoms with E-state index >= 15 is 0 Å². The van der Waals surface area contributed by atoms with E-state index < -0.39 is 0 Å². The van der Waals surface area contributed by atoms with Gasteiger partial charge in [-0.15, -0.1) is 0 Å². The SMILES string of the molecule is C1=CC[C@]23CCCC[C@]2(C1)CN(/N=N\N1C[C@]24CC=CC[C@@]2(CCCC4)C1)C3. The molecule has 0 aromatic rings. The highest BCUT2D eigenvalue weighted by molar-refractivity contribution is 5.17. The second-order valence-corrected chi connectivity index (χ2v) is 11.1. The van der Waals surface area contributed by atoms with Crippen molar-refractivity contribution in [1.82, 2.24) is 10.0 Å². The molecule has 0 spiro atoms. The number of hydrogen-bond donors (Lipinski definition) is 0. The third kappa shape index (κ3) is 2.29. The van der Waals surface area contributed by atoms with Crippen molar-refractivity contribution in [2.75, 3.05) is 26.2 Å². The van der Waals surface area contributed by atoms with Crippen LogP contribution < -0.4 is 0 Å². The average Bonchev–Trinajstić information content (AvgIpc) is 3.25. The Morgan fingerprint density at radius 1 is 0.464 bits per heavy atom. The second-order valence-electron chi connectivity index (χ2n) is 11.1. The van der Waals surface area contributed by atoms with Crippen LogP contribution in [-0.4, -0.2) is 36.2 Å². The van der Waals surface area contributed by atoms with E-state index in [1.165, 1.54) is 77.0 Å². The Bertz CT molecular complexity index is 616. The normalized spacial score (nSPS) is 47.1. The van der Waals surface area contributed by atoms with Crippen LogP contribution in [0.1, 0.15) is 77.0 Å². The molecule has 0 unspecified atom stereocenters. The molecule has 4 aliphatic carbocycles. The fraction of sp³-hybridized carbons (Fsp3) is 0.833. The van der Waals surface area contributed by atoms with Crippen LogP contribution >= 0.6 is 0 Å². The first-order valence-corrected chi connectivity index (χ1v) is 11.9. The highest BCUT2D eigenvalue weighted by Gasteiger charge is 2.59. The molecule has 2 saturated heterocycles. The third-order valence-corrected chi connectivity index (χ3v) is 9.97. The summed E-state index contributed by atoms with van der Waals surface area (Å²) in [5.41, 5.74) is 1.92. The minimum absolute atomic E-state index is 0.479. The van der Waals surface area contributed by atoms with E-state index in [1.807, 2.05) is 0 Å². The van der Waals surface area contributed by atoms with Crippen LogP contribution in [0.4, 0.5) is 0 Å². The fourth-order valence-corrected chi connectivity index (χ4v) is 8.42. The van der Waals surface area contributed by atoms with E-state index in [-0.39, 0.29) is 0 Å². The number of hydrogen-bond acceptors (Lipinski definition) is 2. The van der Waals surface area contributed by atoms with Gasteiger partial charge in [-0.25, -0.2) is 0 Å². The first-order chi connectivity index (χ1) is 13.7. The lowest BCUT2D eigenvalue weighted by Crippen LogP contribution is -2.44. The maximum Gasteiger partial charge on any atom is 0.0443 e. The molecule has 0 radical (unpaired) electrons. The van der Waals surface area contributed by atoms with Gasteiger partial charge in [0.05, 0.1) is 0 Å². The van der Waals surface area contributed by atoms with Crippen molar-refractivity contribution < 1.29 is 0 Å². The summed E-state index contributed by atoms with van der Waals surface area (Å²) >= 11 is 0. The number of rotatable bonds is 2. The Labute approximate surface area is 170 Å². The average molecular weight is 381 g/mol. The minimum atomic E-state index is 0.479. The molecule has 152 valence electrons. The topological polar surface area (TPSA) is 31.2 Å². The van der Waals surface area contributed by atoms with Crippen LogP contribution in [0.5, 0.6) is 0 Å². The molecule has 4 nitrogen and oxygen atoms in total. The van der Waals surface area contributed by atoms with Gasteiger partial charge in [-0.05, 0) is 51.4 Å². The van der Waals surface area contributed by atoms with Gasteiger partial charge in [0.1, 0.15) is 0 Å². The summed E-state index contributed by atoms with van der Waals surface area (Å²) in [5.74, 6) is 0. The van der Waals surface area contributed by atoms with Gasteiger partial charge in [0, 0.05) is 47.8 Å². The van der Waals surface area contributed by atoms with Crippen LogP contribution in [0.25, 0.3) is 0 Å². The van der Waals surface area contributed by atoms with Gasteiger partial charge in [-0.3, -0.25) is 10.0 Å². The number of nitrogens with zero attached hydrogens (tertiary/aromatic N) is 4. The molecule has 28 heavy (non-hydrogen) atoms. The van der Waals surface area contributed by atoms with Crippen molar-refractivity contribution in [3.8, 4) is 0 Å². The van der Waals surface area contributed by atoms with Crippen molar-refractivity contribution in [2.45, 2.75) is 77.0 Å². The predicted octanol–water partition coefficient (Wildman–Crippen LogP) is 5.69.